The van der Waals surface area contributed by atoms with Crippen molar-refractivity contribution in [3.05, 3.63) is 56.7 Å². The van der Waals surface area contributed by atoms with Crippen molar-refractivity contribution in [2.45, 2.75) is 19.3 Å². The fourth-order valence-corrected chi connectivity index (χ4v) is 3.03. The SMILES string of the molecule is O=C(Nc1ccc2c(c1)CCC2)c1cc(I)ccc1O. The number of carbonyl (C=O) groups excluding carboxylic acids is 1. The van der Waals surface area contributed by atoms with Crippen LogP contribution in [0.1, 0.15) is 27.9 Å². The van der Waals surface area contributed by atoms with Crippen molar-refractivity contribution in [2.24, 2.45) is 0 Å². The molecule has 0 fully saturated rings. The summed E-state index contributed by atoms with van der Waals surface area (Å²) in [5, 5.41) is 12.6. The quantitative estimate of drug-likeness (QED) is 0.782. The second-order valence-electron chi connectivity index (χ2n) is 4.95. The normalized spacial score (nSPS) is 13.1. The number of phenols is 1. The Bertz CT molecular complexity index is 682. The second kappa shape index (κ2) is 5.44. The van der Waals surface area contributed by atoms with Crippen molar-refractivity contribution in [3.8, 4) is 5.75 Å². The number of carbonyl (C=O) groups is 1. The largest absolute Gasteiger partial charge is 0.507 e. The van der Waals surface area contributed by atoms with Gasteiger partial charge in [-0.3, -0.25) is 4.79 Å². The monoisotopic (exact) mass is 379 g/mol. The molecule has 3 rings (SSSR count). The molecule has 0 saturated carbocycles. The maximum Gasteiger partial charge on any atom is 0.259 e. The Morgan fingerprint density at radius 2 is 1.90 bits per heavy atom. The topological polar surface area (TPSA) is 49.3 Å². The van der Waals surface area contributed by atoms with Gasteiger partial charge in [-0.25, -0.2) is 0 Å². The summed E-state index contributed by atoms with van der Waals surface area (Å²) in [4.78, 5) is 12.2. The van der Waals surface area contributed by atoms with E-state index in [4.69, 9.17) is 0 Å². The van der Waals surface area contributed by atoms with E-state index in [2.05, 4.69) is 34.0 Å². The third-order valence-electron chi connectivity index (χ3n) is 3.56. The van der Waals surface area contributed by atoms with Gasteiger partial charge in [-0.1, -0.05) is 6.07 Å². The molecule has 1 amide bonds. The van der Waals surface area contributed by atoms with Crippen molar-refractivity contribution in [3.63, 3.8) is 0 Å². The van der Waals surface area contributed by atoms with E-state index in [0.29, 0.717) is 5.56 Å². The van der Waals surface area contributed by atoms with Gasteiger partial charge in [0.25, 0.3) is 5.91 Å². The third-order valence-corrected chi connectivity index (χ3v) is 4.23. The minimum Gasteiger partial charge on any atom is -0.507 e. The molecule has 0 heterocycles. The van der Waals surface area contributed by atoms with Gasteiger partial charge in [0.1, 0.15) is 5.75 Å². The number of rotatable bonds is 2. The predicted molar refractivity (Wildman–Crippen MR) is 87.2 cm³/mol. The molecule has 0 bridgehead atoms. The number of aromatic hydroxyl groups is 1. The molecule has 2 N–H and O–H groups in total. The Kier molecular flexibility index (Phi) is 3.65. The molecule has 0 aromatic heterocycles. The lowest BCUT2D eigenvalue weighted by Crippen LogP contribution is -2.12. The molecule has 0 atom stereocenters. The highest BCUT2D eigenvalue weighted by molar-refractivity contribution is 14.1. The highest BCUT2D eigenvalue weighted by Crippen LogP contribution is 2.26. The van der Waals surface area contributed by atoms with Crippen molar-refractivity contribution >= 4 is 34.2 Å². The number of phenolic OH excluding ortho intramolecular Hbond substituents is 1. The van der Waals surface area contributed by atoms with Gasteiger partial charge in [-0.05, 0) is 83.3 Å². The summed E-state index contributed by atoms with van der Waals surface area (Å²) >= 11 is 2.12. The van der Waals surface area contributed by atoms with Crippen LogP contribution >= 0.6 is 22.6 Å². The van der Waals surface area contributed by atoms with Crippen LogP contribution in [0.15, 0.2) is 36.4 Å². The van der Waals surface area contributed by atoms with Crippen LogP contribution in [0.3, 0.4) is 0 Å². The van der Waals surface area contributed by atoms with E-state index in [9.17, 15) is 9.90 Å². The van der Waals surface area contributed by atoms with Crippen LogP contribution in [-0.2, 0) is 12.8 Å². The Morgan fingerprint density at radius 3 is 2.75 bits per heavy atom. The first-order valence-corrected chi connectivity index (χ1v) is 7.63. The van der Waals surface area contributed by atoms with E-state index in [0.717, 1.165) is 22.1 Å². The van der Waals surface area contributed by atoms with Gasteiger partial charge in [0, 0.05) is 9.26 Å². The Hall–Kier alpha value is -1.56. The molecule has 0 spiro atoms. The average molecular weight is 379 g/mol. The Balaban J connectivity index is 1.84. The molecule has 2 aromatic carbocycles. The molecule has 0 unspecified atom stereocenters. The van der Waals surface area contributed by atoms with Crippen molar-refractivity contribution in [2.75, 3.05) is 5.32 Å². The summed E-state index contributed by atoms with van der Waals surface area (Å²) in [5.41, 5.74) is 3.78. The van der Waals surface area contributed by atoms with Gasteiger partial charge in [0.05, 0.1) is 5.56 Å². The highest BCUT2D eigenvalue weighted by atomic mass is 127. The predicted octanol–water partition coefficient (Wildman–Crippen LogP) is 3.74. The highest BCUT2D eigenvalue weighted by Gasteiger charge is 2.14. The van der Waals surface area contributed by atoms with Gasteiger partial charge in [0.2, 0.25) is 0 Å². The fourth-order valence-electron chi connectivity index (χ4n) is 2.54. The van der Waals surface area contributed by atoms with Crippen molar-refractivity contribution < 1.29 is 9.90 Å². The average Bonchev–Trinajstić information content (AvgIpc) is 2.89. The number of hydrogen-bond acceptors (Lipinski definition) is 2. The Morgan fingerprint density at radius 1 is 1.10 bits per heavy atom. The van der Waals surface area contributed by atoms with Crippen LogP contribution in [0.2, 0.25) is 0 Å². The minimum atomic E-state index is -0.279. The lowest BCUT2D eigenvalue weighted by molar-refractivity contribution is 0.102. The van der Waals surface area contributed by atoms with E-state index in [1.54, 1.807) is 18.2 Å². The molecule has 102 valence electrons. The maximum atomic E-state index is 12.2. The molecular weight excluding hydrogens is 365 g/mol. The first-order chi connectivity index (χ1) is 9.63. The number of anilines is 1. The van der Waals surface area contributed by atoms with Crippen LogP contribution < -0.4 is 5.32 Å². The lowest BCUT2D eigenvalue weighted by atomic mass is 10.1. The number of halogens is 1. The van der Waals surface area contributed by atoms with E-state index in [1.807, 2.05) is 12.1 Å². The summed E-state index contributed by atoms with van der Waals surface area (Å²) in [6.07, 6.45) is 3.39. The van der Waals surface area contributed by atoms with Gasteiger partial charge in [0.15, 0.2) is 0 Å². The minimum absolute atomic E-state index is 0.00377. The smallest absolute Gasteiger partial charge is 0.259 e. The molecule has 4 heteroatoms. The number of nitrogens with one attached hydrogen (secondary N) is 1. The third kappa shape index (κ3) is 2.65. The standard InChI is InChI=1S/C16H14INO2/c17-12-5-7-15(19)14(9-12)16(20)18-13-6-4-10-2-1-3-11(10)8-13/h4-9,19H,1-3H2,(H,18,20). The van der Waals surface area contributed by atoms with E-state index in [-0.39, 0.29) is 11.7 Å². The lowest BCUT2D eigenvalue weighted by Gasteiger charge is -2.09. The van der Waals surface area contributed by atoms with Crippen LogP contribution in [0, 0.1) is 3.57 Å². The van der Waals surface area contributed by atoms with Crippen molar-refractivity contribution in [1.29, 1.82) is 0 Å². The van der Waals surface area contributed by atoms with Gasteiger partial charge >= 0.3 is 0 Å². The van der Waals surface area contributed by atoms with Gasteiger partial charge < -0.3 is 10.4 Å². The zero-order chi connectivity index (χ0) is 14.1. The van der Waals surface area contributed by atoms with Crippen LogP contribution in [-0.4, -0.2) is 11.0 Å². The van der Waals surface area contributed by atoms with Crippen molar-refractivity contribution in [1.82, 2.24) is 0 Å². The molecule has 1 aliphatic carbocycles. The number of benzene rings is 2. The van der Waals surface area contributed by atoms with Crippen LogP contribution in [0.25, 0.3) is 0 Å². The summed E-state index contributed by atoms with van der Waals surface area (Å²) in [5.74, 6) is -0.275. The zero-order valence-electron chi connectivity index (χ0n) is 10.8. The molecule has 0 radical (unpaired) electrons. The summed E-state index contributed by atoms with van der Waals surface area (Å²) in [6, 6.07) is 11.0. The van der Waals surface area contributed by atoms with Crippen LogP contribution in [0.4, 0.5) is 5.69 Å². The molecule has 0 aliphatic heterocycles. The molecule has 1 aliphatic rings. The van der Waals surface area contributed by atoms with Gasteiger partial charge in [-0.2, -0.15) is 0 Å². The first kappa shape index (κ1) is 13.4. The number of aryl methyl sites for hydroxylation is 2. The van der Waals surface area contributed by atoms with Crippen LogP contribution in [0.5, 0.6) is 5.75 Å². The molecule has 2 aromatic rings. The number of amides is 1. The summed E-state index contributed by atoms with van der Waals surface area (Å²) in [7, 11) is 0. The number of fused-ring (bicyclic) bond motifs is 1. The summed E-state index contributed by atoms with van der Waals surface area (Å²) < 4.78 is 0.916. The van der Waals surface area contributed by atoms with E-state index in [1.165, 1.54) is 17.5 Å². The summed E-state index contributed by atoms with van der Waals surface area (Å²) in [6.45, 7) is 0. The van der Waals surface area contributed by atoms with E-state index < -0.39 is 0 Å². The number of hydrogen-bond donors (Lipinski definition) is 2. The molecular formula is C16H14INO2. The fraction of sp³-hybridized carbons (Fsp3) is 0.188. The molecule has 3 nitrogen and oxygen atoms in total. The Labute approximate surface area is 131 Å². The maximum absolute atomic E-state index is 12.2. The molecule has 0 saturated heterocycles. The van der Waals surface area contributed by atoms with Gasteiger partial charge in [-0.15, -0.1) is 0 Å². The zero-order valence-corrected chi connectivity index (χ0v) is 13.0. The molecule has 20 heavy (non-hydrogen) atoms. The van der Waals surface area contributed by atoms with E-state index >= 15 is 0 Å². The second-order valence-corrected chi connectivity index (χ2v) is 6.20. The first-order valence-electron chi connectivity index (χ1n) is 6.55.